The lowest BCUT2D eigenvalue weighted by atomic mass is 10.2. The summed E-state index contributed by atoms with van der Waals surface area (Å²) in [5, 5.41) is 4.28. The number of aromatic nitrogens is 6. The minimum Gasteiger partial charge on any atom is -0.465 e. The Kier molecular flexibility index (Phi) is 7.89. The van der Waals surface area contributed by atoms with Crippen LogP contribution in [0.1, 0.15) is 57.6 Å². The van der Waals surface area contributed by atoms with Crippen molar-refractivity contribution in [3.63, 3.8) is 0 Å². The molecule has 0 aliphatic carbocycles. The molecule has 0 spiro atoms. The zero-order valence-electron chi connectivity index (χ0n) is 22.3. The van der Waals surface area contributed by atoms with Crippen LogP contribution in [0.3, 0.4) is 0 Å². The van der Waals surface area contributed by atoms with Gasteiger partial charge in [0.05, 0.1) is 29.6 Å². The predicted molar refractivity (Wildman–Crippen MR) is 137 cm³/mol. The normalized spacial score (nSPS) is 12.2. The Bertz CT molecular complexity index is 1640. The van der Waals surface area contributed by atoms with Crippen molar-refractivity contribution in [1.82, 2.24) is 29.3 Å². The van der Waals surface area contributed by atoms with E-state index >= 15 is 0 Å². The van der Waals surface area contributed by atoms with Crippen molar-refractivity contribution in [3.05, 3.63) is 58.0 Å². The maximum Gasteiger partial charge on any atom is 0.420 e. The molecule has 0 saturated carbocycles. The lowest BCUT2D eigenvalue weighted by Gasteiger charge is -2.20. The van der Waals surface area contributed by atoms with Gasteiger partial charge in [-0.15, -0.1) is 0 Å². The van der Waals surface area contributed by atoms with Gasteiger partial charge in [0.1, 0.15) is 29.2 Å². The quantitative estimate of drug-likeness (QED) is 0.240. The van der Waals surface area contributed by atoms with Crippen LogP contribution < -0.4 is 5.56 Å². The molecule has 0 aliphatic heterocycles. The number of hydrogen-bond acceptors (Lipinski definition) is 9. The molecule has 0 saturated heterocycles. The van der Waals surface area contributed by atoms with E-state index < -0.39 is 41.5 Å². The fourth-order valence-electron chi connectivity index (χ4n) is 3.87. The van der Waals surface area contributed by atoms with E-state index in [1.807, 2.05) is 6.92 Å². The maximum atomic E-state index is 13.4. The number of unbranched alkanes of at least 4 members (excludes halogenated alkanes) is 1. The van der Waals surface area contributed by atoms with Crippen LogP contribution in [-0.2, 0) is 33.4 Å². The number of carbonyl (C=O) groups excluding carboxylic acids is 2. The number of ether oxygens (including phenoxy) is 2. The second-order valence-electron chi connectivity index (χ2n) is 9.96. The van der Waals surface area contributed by atoms with Gasteiger partial charge in [0.2, 0.25) is 0 Å². The first-order valence-electron chi connectivity index (χ1n) is 12.5. The van der Waals surface area contributed by atoms with E-state index in [9.17, 15) is 27.6 Å². The SMILES string of the molecule is CCCCOC(=O)Cc1nn(Cc2nc3cc(C(F)(F)F)ccc3n2C(=O)OC(C)(C)C)c(=O)c2nccnc12. The van der Waals surface area contributed by atoms with E-state index in [0.717, 1.165) is 33.9 Å². The number of esters is 1. The van der Waals surface area contributed by atoms with Crippen LogP contribution in [0.2, 0.25) is 0 Å². The molecular weight excluding hydrogens is 533 g/mol. The van der Waals surface area contributed by atoms with Gasteiger partial charge in [-0.25, -0.2) is 24.0 Å². The standard InChI is InChI=1S/C26H27F3N6O5/c1-5-6-11-39-20(36)13-17-21-22(31-10-9-30-21)23(37)34(33-17)14-19-32-16-12-15(26(27,28)29)7-8-18(16)35(19)24(38)40-25(2,3)4/h7-10,12H,5-6,11,13-14H2,1-4H3. The molecule has 4 aromatic rings. The molecule has 14 heteroatoms. The molecule has 0 N–H and O–H groups in total. The van der Waals surface area contributed by atoms with Crippen LogP contribution in [-0.4, -0.2) is 53.6 Å². The number of imidazole rings is 1. The highest BCUT2D eigenvalue weighted by Gasteiger charge is 2.32. The van der Waals surface area contributed by atoms with Gasteiger partial charge in [-0.2, -0.15) is 18.3 Å². The molecule has 3 heterocycles. The maximum absolute atomic E-state index is 13.4. The topological polar surface area (TPSA) is 131 Å². The molecule has 3 aromatic heterocycles. The summed E-state index contributed by atoms with van der Waals surface area (Å²) in [5.41, 5.74) is -2.57. The summed E-state index contributed by atoms with van der Waals surface area (Å²) in [6, 6.07) is 2.74. The Morgan fingerprint density at radius 1 is 1.05 bits per heavy atom. The summed E-state index contributed by atoms with van der Waals surface area (Å²) >= 11 is 0. The van der Waals surface area contributed by atoms with Gasteiger partial charge >= 0.3 is 18.2 Å². The molecule has 4 rings (SSSR count). The lowest BCUT2D eigenvalue weighted by molar-refractivity contribution is -0.143. The van der Waals surface area contributed by atoms with Crippen molar-refractivity contribution >= 4 is 34.1 Å². The van der Waals surface area contributed by atoms with E-state index in [-0.39, 0.29) is 46.6 Å². The minimum atomic E-state index is -4.64. The first kappa shape index (κ1) is 28.6. The van der Waals surface area contributed by atoms with Gasteiger partial charge in [0, 0.05) is 12.4 Å². The summed E-state index contributed by atoms with van der Waals surface area (Å²) in [5.74, 6) is -0.698. The molecule has 0 aliphatic rings. The second-order valence-corrected chi connectivity index (χ2v) is 9.96. The van der Waals surface area contributed by atoms with Crippen LogP contribution >= 0.6 is 0 Å². The van der Waals surface area contributed by atoms with Crippen LogP contribution in [0, 0.1) is 0 Å². The molecule has 0 unspecified atom stereocenters. The number of halogens is 3. The highest BCUT2D eigenvalue weighted by molar-refractivity contribution is 5.88. The number of nitrogens with zero attached hydrogens (tertiary/aromatic N) is 6. The van der Waals surface area contributed by atoms with Crippen LogP contribution in [0.5, 0.6) is 0 Å². The van der Waals surface area contributed by atoms with E-state index in [4.69, 9.17) is 9.47 Å². The zero-order chi connectivity index (χ0) is 29.2. The number of rotatable bonds is 7. The van der Waals surface area contributed by atoms with Gasteiger partial charge in [0.15, 0.2) is 5.52 Å². The van der Waals surface area contributed by atoms with Gasteiger partial charge < -0.3 is 9.47 Å². The van der Waals surface area contributed by atoms with Gasteiger partial charge in [-0.3, -0.25) is 14.6 Å². The van der Waals surface area contributed by atoms with E-state index in [1.165, 1.54) is 12.4 Å². The molecule has 40 heavy (non-hydrogen) atoms. The van der Waals surface area contributed by atoms with Crippen molar-refractivity contribution in [1.29, 1.82) is 0 Å². The first-order valence-corrected chi connectivity index (χ1v) is 12.5. The largest absolute Gasteiger partial charge is 0.465 e. The molecule has 212 valence electrons. The number of hydrogen-bond donors (Lipinski definition) is 0. The Morgan fingerprint density at radius 3 is 2.40 bits per heavy atom. The molecule has 11 nitrogen and oxygen atoms in total. The number of alkyl halides is 3. The van der Waals surface area contributed by atoms with Crippen LogP contribution in [0.4, 0.5) is 18.0 Å². The fraction of sp³-hybridized carbons (Fsp3) is 0.423. The van der Waals surface area contributed by atoms with Crippen molar-refractivity contribution in [2.45, 2.75) is 65.3 Å². The third-order valence-corrected chi connectivity index (χ3v) is 5.64. The fourth-order valence-corrected chi connectivity index (χ4v) is 3.87. The molecule has 0 amide bonds. The third-order valence-electron chi connectivity index (χ3n) is 5.64. The van der Waals surface area contributed by atoms with E-state index in [1.54, 1.807) is 20.8 Å². The molecule has 0 fully saturated rings. The van der Waals surface area contributed by atoms with Crippen LogP contribution in [0.25, 0.3) is 22.1 Å². The lowest BCUT2D eigenvalue weighted by Crippen LogP contribution is -2.31. The monoisotopic (exact) mass is 560 g/mol. The van der Waals surface area contributed by atoms with Crippen LogP contribution in [0.15, 0.2) is 35.4 Å². The summed E-state index contributed by atoms with van der Waals surface area (Å²) in [6.07, 6.45) is -1.70. The Balaban J connectivity index is 1.83. The summed E-state index contributed by atoms with van der Waals surface area (Å²) in [4.78, 5) is 51.3. The van der Waals surface area contributed by atoms with Gasteiger partial charge in [-0.1, -0.05) is 13.3 Å². The average Bonchev–Trinajstić information content (AvgIpc) is 3.23. The first-order chi connectivity index (χ1) is 18.8. The van der Waals surface area contributed by atoms with Crippen molar-refractivity contribution in [2.24, 2.45) is 0 Å². The van der Waals surface area contributed by atoms with Gasteiger partial charge in [-0.05, 0) is 45.4 Å². The minimum absolute atomic E-state index is 0.0469. The summed E-state index contributed by atoms with van der Waals surface area (Å²) in [6.45, 7) is 6.61. The van der Waals surface area contributed by atoms with E-state index in [2.05, 4.69) is 20.1 Å². The zero-order valence-corrected chi connectivity index (χ0v) is 22.3. The summed E-state index contributed by atoms with van der Waals surface area (Å²) in [7, 11) is 0. The second kappa shape index (κ2) is 11.0. The average molecular weight is 561 g/mol. The van der Waals surface area contributed by atoms with Crippen molar-refractivity contribution < 1.29 is 32.2 Å². The highest BCUT2D eigenvalue weighted by Crippen LogP contribution is 2.32. The molecule has 0 atom stereocenters. The Labute approximate surface area is 226 Å². The Morgan fingerprint density at radius 2 is 1.75 bits per heavy atom. The number of fused-ring (bicyclic) bond motifs is 2. The number of carbonyl (C=O) groups is 2. The third kappa shape index (κ3) is 6.26. The van der Waals surface area contributed by atoms with Gasteiger partial charge in [0.25, 0.3) is 5.56 Å². The molecule has 0 bridgehead atoms. The Hall–Kier alpha value is -4.36. The van der Waals surface area contributed by atoms with Crippen molar-refractivity contribution in [3.8, 4) is 0 Å². The van der Waals surface area contributed by atoms with Crippen molar-refractivity contribution in [2.75, 3.05) is 6.61 Å². The smallest absolute Gasteiger partial charge is 0.420 e. The molecular formula is C26H27F3N6O5. The van der Waals surface area contributed by atoms with E-state index in [0.29, 0.717) is 6.42 Å². The molecule has 1 aromatic carbocycles. The molecule has 0 radical (unpaired) electrons. The number of benzene rings is 1. The predicted octanol–water partition coefficient (Wildman–Crippen LogP) is 4.27. The summed E-state index contributed by atoms with van der Waals surface area (Å²) < 4.78 is 52.7. The highest BCUT2D eigenvalue weighted by atomic mass is 19.4.